The van der Waals surface area contributed by atoms with Crippen LogP contribution in [0.4, 0.5) is 5.69 Å². The summed E-state index contributed by atoms with van der Waals surface area (Å²) in [6.07, 6.45) is 1.89. The van der Waals surface area contributed by atoms with Gasteiger partial charge < -0.3 is 15.8 Å². The van der Waals surface area contributed by atoms with Gasteiger partial charge in [-0.15, -0.1) is 0 Å². The lowest BCUT2D eigenvalue weighted by Gasteiger charge is -2.07. The summed E-state index contributed by atoms with van der Waals surface area (Å²) in [5.74, 6) is 1.22. The molecular weight excluding hydrogens is 224 g/mol. The van der Waals surface area contributed by atoms with Gasteiger partial charge in [0.1, 0.15) is 12.4 Å². The Labute approximate surface area is 99.5 Å². The standard InChI is InChI=1S/C11H16N2O2S/c1-16-8-11(14)13-9-2-4-10(5-3-9)15-7-6-12/h2-5H,6-8,12H2,1H3,(H,13,14). The van der Waals surface area contributed by atoms with E-state index < -0.39 is 0 Å². The molecule has 0 aliphatic carbocycles. The molecule has 0 spiro atoms. The van der Waals surface area contributed by atoms with E-state index in [9.17, 15) is 4.79 Å². The van der Waals surface area contributed by atoms with E-state index in [2.05, 4.69) is 5.32 Å². The quantitative estimate of drug-likeness (QED) is 0.787. The number of nitrogens with two attached hydrogens (primary N) is 1. The van der Waals surface area contributed by atoms with Crippen LogP contribution in [0.5, 0.6) is 5.75 Å². The zero-order valence-electron chi connectivity index (χ0n) is 9.23. The summed E-state index contributed by atoms with van der Waals surface area (Å²) >= 11 is 1.49. The highest BCUT2D eigenvalue weighted by molar-refractivity contribution is 7.99. The Morgan fingerprint density at radius 1 is 1.44 bits per heavy atom. The summed E-state index contributed by atoms with van der Waals surface area (Å²) < 4.78 is 5.32. The fourth-order valence-electron chi connectivity index (χ4n) is 1.14. The minimum atomic E-state index is 0.00289. The average Bonchev–Trinajstić information content (AvgIpc) is 2.28. The van der Waals surface area contributed by atoms with E-state index in [0.717, 1.165) is 11.4 Å². The van der Waals surface area contributed by atoms with Gasteiger partial charge in [0.05, 0.1) is 5.75 Å². The molecule has 1 aromatic rings. The third-order valence-corrected chi connectivity index (χ3v) is 2.35. The Hall–Kier alpha value is -1.20. The molecule has 1 rings (SSSR count). The number of rotatable bonds is 6. The van der Waals surface area contributed by atoms with Crippen molar-refractivity contribution in [3.8, 4) is 5.75 Å². The molecule has 88 valence electrons. The predicted octanol–water partition coefficient (Wildman–Crippen LogP) is 1.33. The fourth-order valence-corrected chi connectivity index (χ4v) is 1.47. The van der Waals surface area contributed by atoms with Crippen LogP contribution in [-0.2, 0) is 4.79 Å². The first-order chi connectivity index (χ1) is 7.76. The van der Waals surface area contributed by atoms with Crippen molar-refractivity contribution in [2.75, 3.05) is 30.5 Å². The highest BCUT2D eigenvalue weighted by atomic mass is 32.2. The number of nitrogens with one attached hydrogen (secondary N) is 1. The van der Waals surface area contributed by atoms with Gasteiger partial charge in [0, 0.05) is 12.2 Å². The number of hydrogen-bond donors (Lipinski definition) is 2. The normalized spacial score (nSPS) is 9.88. The van der Waals surface area contributed by atoms with E-state index in [1.807, 2.05) is 30.5 Å². The zero-order valence-corrected chi connectivity index (χ0v) is 10.0. The van der Waals surface area contributed by atoms with Crippen LogP contribution < -0.4 is 15.8 Å². The third-order valence-electron chi connectivity index (χ3n) is 1.80. The maximum Gasteiger partial charge on any atom is 0.234 e. The van der Waals surface area contributed by atoms with Crippen molar-refractivity contribution in [1.29, 1.82) is 0 Å². The molecule has 0 saturated heterocycles. The van der Waals surface area contributed by atoms with E-state index in [1.54, 1.807) is 0 Å². The number of amides is 1. The molecule has 0 heterocycles. The van der Waals surface area contributed by atoms with Crippen LogP contribution in [0, 0.1) is 0 Å². The Morgan fingerprint density at radius 3 is 2.69 bits per heavy atom. The highest BCUT2D eigenvalue weighted by Gasteiger charge is 2.00. The summed E-state index contributed by atoms with van der Waals surface area (Å²) in [5.41, 5.74) is 6.10. The van der Waals surface area contributed by atoms with Crippen molar-refractivity contribution in [3.05, 3.63) is 24.3 Å². The number of thioether (sulfide) groups is 1. The molecule has 0 bridgehead atoms. The molecule has 5 heteroatoms. The molecule has 0 atom stereocenters. The van der Waals surface area contributed by atoms with Gasteiger partial charge in [-0.1, -0.05) is 0 Å². The lowest BCUT2D eigenvalue weighted by Crippen LogP contribution is -2.13. The van der Waals surface area contributed by atoms with E-state index in [4.69, 9.17) is 10.5 Å². The van der Waals surface area contributed by atoms with Crippen LogP contribution in [0.3, 0.4) is 0 Å². The molecule has 0 saturated carbocycles. The highest BCUT2D eigenvalue weighted by Crippen LogP contribution is 2.15. The van der Waals surface area contributed by atoms with E-state index >= 15 is 0 Å². The zero-order chi connectivity index (χ0) is 11.8. The topological polar surface area (TPSA) is 64.3 Å². The molecule has 4 nitrogen and oxygen atoms in total. The lowest BCUT2D eigenvalue weighted by atomic mass is 10.3. The van der Waals surface area contributed by atoms with Gasteiger partial charge in [-0.3, -0.25) is 4.79 Å². The number of anilines is 1. The Balaban J connectivity index is 2.47. The fraction of sp³-hybridized carbons (Fsp3) is 0.364. The van der Waals surface area contributed by atoms with Crippen molar-refractivity contribution in [3.63, 3.8) is 0 Å². The first-order valence-corrected chi connectivity index (χ1v) is 6.37. The van der Waals surface area contributed by atoms with Crippen LogP contribution in [0.1, 0.15) is 0 Å². The molecule has 1 aromatic carbocycles. The van der Waals surface area contributed by atoms with Crippen molar-refractivity contribution in [1.82, 2.24) is 0 Å². The smallest absolute Gasteiger partial charge is 0.234 e. The molecule has 0 aromatic heterocycles. The van der Waals surface area contributed by atoms with Gasteiger partial charge in [-0.25, -0.2) is 0 Å². The van der Waals surface area contributed by atoms with Crippen LogP contribution in [0.2, 0.25) is 0 Å². The monoisotopic (exact) mass is 240 g/mol. The second-order valence-electron chi connectivity index (χ2n) is 3.14. The maximum atomic E-state index is 11.3. The van der Waals surface area contributed by atoms with Gasteiger partial charge >= 0.3 is 0 Å². The van der Waals surface area contributed by atoms with Gasteiger partial charge in [0.25, 0.3) is 0 Å². The first kappa shape index (κ1) is 12.9. The third kappa shape index (κ3) is 4.55. The minimum absolute atomic E-state index is 0.00289. The largest absolute Gasteiger partial charge is 0.492 e. The lowest BCUT2D eigenvalue weighted by molar-refractivity contribution is -0.113. The Bertz CT molecular complexity index is 327. The molecule has 0 fully saturated rings. The molecule has 3 N–H and O–H groups in total. The van der Waals surface area contributed by atoms with Gasteiger partial charge in [0.15, 0.2) is 0 Å². The van der Waals surface area contributed by atoms with Crippen LogP contribution in [0.25, 0.3) is 0 Å². The first-order valence-electron chi connectivity index (χ1n) is 4.98. The number of benzene rings is 1. The molecule has 1 amide bonds. The minimum Gasteiger partial charge on any atom is -0.492 e. The summed E-state index contributed by atoms with van der Waals surface area (Å²) in [7, 11) is 0. The van der Waals surface area contributed by atoms with Gasteiger partial charge in [-0.2, -0.15) is 11.8 Å². The summed E-state index contributed by atoms with van der Waals surface area (Å²) in [5, 5.41) is 2.79. The van der Waals surface area contributed by atoms with Crippen molar-refractivity contribution in [2.45, 2.75) is 0 Å². The number of carbonyl (C=O) groups is 1. The van der Waals surface area contributed by atoms with Crippen LogP contribution in [-0.4, -0.2) is 31.1 Å². The van der Waals surface area contributed by atoms with Crippen LogP contribution >= 0.6 is 11.8 Å². The van der Waals surface area contributed by atoms with E-state index in [1.165, 1.54) is 11.8 Å². The van der Waals surface area contributed by atoms with E-state index in [-0.39, 0.29) is 5.91 Å². The summed E-state index contributed by atoms with van der Waals surface area (Å²) in [6.45, 7) is 0.990. The average molecular weight is 240 g/mol. The Kier molecular flexibility index (Phi) is 5.74. The number of hydrogen-bond acceptors (Lipinski definition) is 4. The number of ether oxygens (including phenoxy) is 1. The number of carbonyl (C=O) groups excluding carboxylic acids is 1. The predicted molar refractivity (Wildman–Crippen MR) is 68.0 cm³/mol. The van der Waals surface area contributed by atoms with Crippen LogP contribution in [0.15, 0.2) is 24.3 Å². The van der Waals surface area contributed by atoms with E-state index in [0.29, 0.717) is 18.9 Å². The second kappa shape index (κ2) is 7.14. The molecule has 0 aliphatic heterocycles. The molecule has 0 unspecified atom stereocenters. The molecule has 0 aliphatic rings. The van der Waals surface area contributed by atoms with Crippen molar-refractivity contribution < 1.29 is 9.53 Å². The SMILES string of the molecule is CSCC(=O)Nc1ccc(OCCN)cc1. The molecule has 0 radical (unpaired) electrons. The Morgan fingerprint density at radius 2 is 2.12 bits per heavy atom. The molecular formula is C11H16N2O2S. The second-order valence-corrected chi connectivity index (χ2v) is 4.01. The molecule has 16 heavy (non-hydrogen) atoms. The summed E-state index contributed by atoms with van der Waals surface area (Å²) in [6, 6.07) is 7.24. The maximum absolute atomic E-state index is 11.3. The summed E-state index contributed by atoms with van der Waals surface area (Å²) in [4.78, 5) is 11.3. The van der Waals surface area contributed by atoms with Crippen molar-refractivity contribution >= 4 is 23.4 Å². The van der Waals surface area contributed by atoms with Gasteiger partial charge in [-0.05, 0) is 30.5 Å². The van der Waals surface area contributed by atoms with Crippen molar-refractivity contribution in [2.24, 2.45) is 5.73 Å². The van der Waals surface area contributed by atoms with Gasteiger partial charge in [0.2, 0.25) is 5.91 Å².